The summed E-state index contributed by atoms with van der Waals surface area (Å²) in [5.41, 5.74) is 14.2. The summed E-state index contributed by atoms with van der Waals surface area (Å²) in [6, 6.07) is 5.45. The van der Waals surface area contributed by atoms with Crippen molar-refractivity contribution in [1.29, 1.82) is 0 Å². The Morgan fingerprint density at radius 2 is 1.77 bits per heavy atom. The third-order valence-electron chi connectivity index (χ3n) is 3.08. The van der Waals surface area contributed by atoms with Crippen molar-refractivity contribution in [2.24, 2.45) is 0 Å². The van der Waals surface area contributed by atoms with Crippen LogP contribution < -0.4 is 16.2 Å². The molecule has 1 aromatic carbocycles. The zero-order valence-electron chi connectivity index (χ0n) is 11.9. The Labute approximate surface area is 140 Å². The highest BCUT2D eigenvalue weighted by Gasteiger charge is 2.21. The quantitative estimate of drug-likeness (QED) is 0.741. The third-order valence-corrected chi connectivity index (χ3v) is 5.22. The summed E-state index contributed by atoms with van der Waals surface area (Å²) in [4.78, 5) is 10.5. The van der Waals surface area contributed by atoms with Crippen LogP contribution in [0.5, 0.6) is 5.75 Å². The predicted octanol–water partition coefficient (Wildman–Crippen LogP) is 4.07. The van der Waals surface area contributed by atoms with Crippen molar-refractivity contribution < 1.29 is 4.74 Å². The number of nitrogen functional groups attached to an aromatic ring is 2. The van der Waals surface area contributed by atoms with Gasteiger partial charge in [-0.15, -0.1) is 0 Å². The second-order valence-corrected chi connectivity index (χ2v) is 7.04. The van der Waals surface area contributed by atoms with E-state index in [0.29, 0.717) is 21.0 Å². The Bertz CT molecular complexity index is 843. The van der Waals surface area contributed by atoms with E-state index in [-0.39, 0.29) is 0 Å². The molecule has 22 heavy (non-hydrogen) atoms. The summed E-state index contributed by atoms with van der Waals surface area (Å²) in [5.74, 6) is 0.712. The minimum Gasteiger partial charge on any atom is -0.496 e. The number of halogens is 1. The van der Waals surface area contributed by atoms with Crippen molar-refractivity contribution in [1.82, 2.24) is 9.97 Å². The first-order chi connectivity index (χ1) is 10.5. The lowest BCUT2D eigenvalue weighted by atomic mass is 10.1. The number of benzene rings is 1. The van der Waals surface area contributed by atoms with E-state index in [4.69, 9.17) is 27.8 Å². The molecule has 0 unspecified atom stereocenters. The molecule has 0 amide bonds. The molecule has 0 aliphatic rings. The Morgan fingerprint density at radius 3 is 2.41 bits per heavy atom. The van der Waals surface area contributed by atoms with E-state index < -0.39 is 0 Å². The average Bonchev–Trinajstić information content (AvgIpc) is 3.01. The normalized spacial score (nSPS) is 10.9. The largest absolute Gasteiger partial charge is 0.496 e. The van der Waals surface area contributed by atoms with Crippen molar-refractivity contribution in [2.45, 2.75) is 6.92 Å². The lowest BCUT2D eigenvalue weighted by Gasteiger charge is -2.08. The zero-order valence-corrected chi connectivity index (χ0v) is 14.3. The molecule has 2 heterocycles. The van der Waals surface area contributed by atoms with E-state index in [1.54, 1.807) is 13.2 Å². The van der Waals surface area contributed by atoms with Crippen LogP contribution in [0.3, 0.4) is 0 Å². The smallest absolute Gasteiger partial charge is 0.181 e. The number of aryl methyl sites for hydroxylation is 1. The number of rotatable bonds is 3. The first kappa shape index (κ1) is 15.1. The molecule has 0 fully saturated rings. The first-order valence-electron chi connectivity index (χ1n) is 6.33. The zero-order chi connectivity index (χ0) is 15.9. The van der Waals surface area contributed by atoms with Gasteiger partial charge in [-0.1, -0.05) is 34.3 Å². The summed E-state index contributed by atoms with van der Waals surface area (Å²) in [7, 11) is 1.62. The fraction of sp³-hybridized carbons (Fsp3) is 0.143. The molecule has 0 aliphatic carbocycles. The van der Waals surface area contributed by atoms with Gasteiger partial charge in [0.25, 0.3) is 0 Å². The van der Waals surface area contributed by atoms with Gasteiger partial charge in [0.2, 0.25) is 0 Å². The van der Waals surface area contributed by atoms with Crippen LogP contribution in [0, 0.1) is 6.92 Å². The molecule has 0 saturated heterocycles. The number of anilines is 2. The number of methoxy groups -OCH3 is 1. The highest BCUT2D eigenvalue weighted by atomic mass is 35.5. The first-order valence-corrected chi connectivity index (χ1v) is 8.34. The molecule has 3 rings (SSSR count). The summed E-state index contributed by atoms with van der Waals surface area (Å²) >= 11 is 8.91. The van der Waals surface area contributed by atoms with Gasteiger partial charge in [0.05, 0.1) is 22.6 Å². The van der Waals surface area contributed by atoms with Crippen LogP contribution in [0.15, 0.2) is 18.2 Å². The Balaban J connectivity index is 2.25. The molecular formula is C14H13ClN4OS2. The summed E-state index contributed by atoms with van der Waals surface area (Å²) in [6.07, 6.45) is 0. The van der Waals surface area contributed by atoms with Crippen LogP contribution in [0.4, 0.5) is 10.3 Å². The molecule has 114 valence electrons. The maximum Gasteiger partial charge on any atom is 0.181 e. The molecule has 2 aromatic heterocycles. The standard InChI is InChI=1S/C14H13ClN4OS2/c1-6-11(21-13(16)18-6)10-12(22-14(17)19-10)8-5-7(15)3-4-9(8)20-2/h3-5H,1-2H3,(H2,16,18)(H2,17,19). The monoisotopic (exact) mass is 352 g/mol. The van der Waals surface area contributed by atoms with E-state index in [2.05, 4.69) is 9.97 Å². The van der Waals surface area contributed by atoms with Crippen molar-refractivity contribution >= 4 is 44.5 Å². The van der Waals surface area contributed by atoms with Gasteiger partial charge in [0, 0.05) is 10.6 Å². The molecule has 4 N–H and O–H groups in total. The molecule has 0 spiro atoms. The number of thiazole rings is 2. The summed E-state index contributed by atoms with van der Waals surface area (Å²) in [5, 5.41) is 1.59. The van der Waals surface area contributed by atoms with Gasteiger partial charge in [0.1, 0.15) is 11.4 Å². The van der Waals surface area contributed by atoms with Gasteiger partial charge >= 0.3 is 0 Å². The van der Waals surface area contributed by atoms with E-state index in [9.17, 15) is 0 Å². The lowest BCUT2D eigenvalue weighted by Crippen LogP contribution is -1.89. The maximum atomic E-state index is 6.13. The molecule has 5 nitrogen and oxygen atoms in total. The van der Waals surface area contributed by atoms with Gasteiger partial charge in [-0.3, -0.25) is 0 Å². The van der Waals surface area contributed by atoms with Crippen LogP contribution in [-0.4, -0.2) is 17.1 Å². The summed E-state index contributed by atoms with van der Waals surface area (Å²) in [6.45, 7) is 1.90. The minimum absolute atomic E-state index is 0.471. The van der Waals surface area contributed by atoms with Gasteiger partial charge in [0.15, 0.2) is 10.3 Å². The highest BCUT2D eigenvalue weighted by Crippen LogP contribution is 2.45. The molecular weight excluding hydrogens is 340 g/mol. The van der Waals surface area contributed by atoms with Crippen LogP contribution in [0.25, 0.3) is 21.0 Å². The topological polar surface area (TPSA) is 87.0 Å². The van der Waals surface area contributed by atoms with Crippen LogP contribution >= 0.6 is 34.3 Å². The van der Waals surface area contributed by atoms with Crippen molar-refractivity contribution in [2.75, 3.05) is 18.6 Å². The van der Waals surface area contributed by atoms with Gasteiger partial charge in [-0.2, -0.15) is 0 Å². The molecule has 0 radical (unpaired) electrons. The minimum atomic E-state index is 0.471. The molecule has 8 heteroatoms. The second-order valence-electron chi connectivity index (χ2n) is 4.54. The highest BCUT2D eigenvalue weighted by molar-refractivity contribution is 7.21. The summed E-state index contributed by atoms with van der Waals surface area (Å²) < 4.78 is 5.43. The Kier molecular flexibility index (Phi) is 3.94. The van der Waals surface area contributed by atoms with E-state index in [0.717, 1.165) is 26.7 Å². The van der Waals surface area contributed by atoms with Gasteiger partial charge < -0.3 is 16.2 Å². The average molecular weight is 353 g/mol. The molecule has 0 atom stereocenters. The third kappa shape index (κ3) is 2.63. The molecule has 0 aliphatic heterocycles. The Hall–Kier alpha value is -1.83. The van der Waals surface area contributed by atoms with Crippen LogP contribution in [0.1, 0.15) is 5.69 Å². The van der Waals surface area contributed by atoms with E-state index in [1.807, 2.05) is 19.1 Å². The molecule has 3 aromatic rings. The molecule has 0 bridgehead atoms. The number of aromatic nitrogens is 2. The van der Waals surface area contributed by atoms with E-state index in [1.165, 1.54) is 22.7 Å². The fourth-order valence-electron chi connectivity index (χ4n) is 2.17. The number of nitrogens with zero attached hydrogens (tertiary/aromatic N) is 2. The van der Waals surface area contributed by atoms with E-state index >= 15 is 0 Å². The number of hydrogen-bond acceptors (Lipinski definition) is 7. The second kappa shape index (κ2) is 5.75. The van der Waals surface area contributed by atoms with Gasteiger partial charge in [-0.25, -0.2) is 9.97 Å². The molecule has 0 saturated carbocycles. The number of hydrogen-bond donors (Lipinski definition) is 2. The SMILES string of the molecule is COc1ccc(Cl)cc1-c1sc(N)nc1-c1sc(N)nc1C. The predicted molar refractivity (Wildman–Crippen MR) is 93.8 cm³/mol. The number of nitrogens with two attached hydrogens (primary N) is 2. The Morgan fingerprint density at radius 1 is 1.09 bits per heavy atom. The maximum absolute atomic E-state index is 6.13. The number of ether oxygens (including phenoxy) is 1. The van der Waals surface area contributed by atoms with Crippen molar-refractivity contribution in [3.63, 3.8) is 0 Å². The van der Waals surface area contributed by atoms with Crippen molar-refractivity contribution in [3.8, 4) is 26.8 Å². The van der Waals surface area contributed by atoms with Crippen LogP contribution in [-0.2, 0) is 0 Å². The van der Waals surface area contributed by atoms with Gasteiger partial charge in [-0.05, 0) is 25.1 Å². The van der Waals surface area contributed by atoms with Crippen LogP contribution in [0.2, 0.25) is 5.02 Å². The lowest BCUT2D eigenvalue weighted by molar-refractivity contribution is 0.416. The fourth-order valence-corrected chi connectivity index (χ4v) is 4.09. The van der Waals surface area contributed by atoms with Crippen molar-refractivity contribution in [3.05, 3.63) is 28.9 Å².